The summed E-state index contributed by atoms with van der Waals surface area (Å²) in [5.41, 5.74) is 2.58. The molecule has 0 aliphatic carbocycles. The van der Waals surface area contributed by atoms with Crippen LogP contribution in [0.2, 0.25) is 0 Å². The van der Waals surface area contributed by atoms with Crippen LogP contribution >= 0.6 is 0 Å². The number of carbonyl (C=O) groups excluding carboxylic acids is 2. The summed E-state index contributed by atoms with van der Waals surface area (Å²) < 4.78 is 5.53. The number of aromatic nitrogens is 2. The summed E-state index contributed by atoms with van der Waals surface area (Å²) in [6.45, 7) is 8.96. The van der Waals surface area contributed by atoms with E-state index < -0.39 is 6.04 Å². The third kappa shape index (κ3) is 9.39. The van der Waals surface area contributed by atoms with Gasteiger partial charge in [-0.05, 0) is 80.0 Å². The molecule has 44 heavy (non-hydrogen) atoms. The van der Waals surface area contributed by atoms with Crippen LogP contribution in [0.4, 0.5) is 0 Å². The summed E-state index contributed by atoms with van der Waals surface area (Å²) in [4.78, 5) is 36.6. The normalized spacial score (nSPS) is 11.9. The van der Waals surface area contributed by atoms with Crippen molar-refractivity contribution in [2.45, 2.75) is 65.2 Å². The van der Waals surface area contributed by atoms with Crippen LogP contribution in [0.5, 0.6) is 5.75 Å². The molecule has 4 aromatic rings. The number of hydrogen-bond donors (Lipinski definition) is 4. The SMILES string of the molecule is CCCN(CCC)CCC[C@H](NC(=O)c1ccc(CNCc2ncc[nH]2)cc1)C(=O)NCc1ccc(OC)c2ccccc12. The Balaban J connectivity index is 1.40. The van der Waals surface area contributed by atoms with Gasteiger partial charge in [0.1, 0.15) is 17.6 Å². The maximum absolute atomic E-state index is 13.6. The van der Waals surface area contributed by atoms with Crippen LogP contribution in [0.3, 0.4) is 0 Å². The lowest BCUT2D eigenvalue weighted by Crippen LogP contribution is -2.47. The molecule has 4 rings (SSSR count). The van der Waals surface area contributed by atoms with Crippen LogP contribution in [0.1, 0.15) is 66.8 Å². The molecular weight excluding hydrogens is 552 g/mol. The third-order valence-electron chi connectivity index (χ3n) is 7.71. The fourth-order valence-corrected chi connectivity index (χ4v) is 5.46. The van der Waals surface area contributed by atoms with E-state index in [0.717, 1.165) is 72.4 Å². The van der Waals surface area contributed by atoms with Crippen molar-refractivity contribution in [1.29, 1.82) is 0 Å². The van der Waals surface area contributed by atoms with Crippen molar-refractivity contribution in [2.24, 2.45) is 0 Å². The minimum Gasteiger partial charge on any atom is -0.496 e. The van der Waals surface area contributed by atoms with Gasteiger partial charge in [-0.3, -0.25) is 9.59 Å². The number of H-pyrrole nitrogens is 1. The molecule has 0 radical (unpaired) electrons. The van der Waals surface area contributed by atoms with Gasteiger partial charge in [-0.1, -0.05) is 56.3 Å². The number of methoxy groups -OCH3 is 1. The molecule has 234 valence electrons. The summed E-state index contributed by atoms with van der Waals surface area (Å²) in [5.74, 6) is 1.23. The van der Waals surface area contributed by atoms with Gasteiger partial charge in [0, 0.05) is 36.4 Å². The molecule has 0 aliphatic rings. The largest absolute Gasteiger partial charge is 0.496 e. The summed E-state index contributed by atoms with van der Waals surface area (Å²) in [6.07, 6.45) is 7.07. The zero-order valence-electron chi connectivity index (χ0n) is 26.2. The lowest BCUT2D eigenvalue weighted by Gasteiger charge is -2.23. The van der Waals surface area contributed by atoms with Crippen molar-refractivity contribution in [3.05, 3.63) is 95.6 Å². The Morgan fingerprint density at radius 2 is 1.66 bits per heavy atom. The van der Waals surface area contributed by atoms with E-state index >= 15 is 0 Å². The molecule has 3 aromatic carbocycles. The molecule has 4 N–H and O–H groups in total. The number of carbonyl (C=O) groups is 2. The summed E-state index contributed by atoms with van der Waals surface area (Å²) >= 11 is 0. The van der Waals surface area contributed by atoms with Crippen LogP contribution in [0.15, 0.2) is 73.1 Å². The summed E-state index contributed by atoms with van der Waals surface area (Å²) in [7, 11) is 1.66. The number of ether oxygens (including phenoxy) is 1. The number of hydrogen-bond acceptors (Lipinski definition) is 6. The molecule has 0 saturated heterocycles. The number of rotatable bonds is 18. The molecule has 0 fully saturated rings. The van der Waals surface area contributed by atoms with Gasteiger partial charge in [0.2, 0.25) is 5.91 Å². The molecule has 0 spiro atoms. The van der Waals surface area contributed by atoms with E-state index in [0.29, 0.717) is 31.6 Å². The fraction of sp³-hybridized carbons (Fsp3) is 0.400. The van der Waals surface area contributed by atoms with Crippen molar-refractivity contribution in [3.63, 3.8) is 0 Å². The molecule has 0 bridgehead atoms. The average molecular weight is 599 g/mol. The van der Waals surface area contributed by atoms with Gasteiger partial charge in [-0.2, -0.15) is 0 Å². The number of amides is 2. The predicted octanol–water partition coefficient (Wildman–Crippen LogP) is 5.18. The zero-order valence-corrected chi connectivity index (χ0v) is 26.2. The number of nitrogens with one attached hydrogen (secondary N) is 4. The third-order valence-corrected chi connectivity index (χ3v) is 7.71. The quantitative estimate of drug-likeness (QED) is 0.126. The molecule has 2 amide bonds. The zero-order chi connectivity index (χ0) is 31.1. The molecule has 9 nitrogen and oxygen atoms in total. The highest BCUT2D eigenvalue weighted by Gasteiger charge is 2.22. The van der Waals surface area contributed by atoms with Crippen molar-refractivity contribution >= 4 is 22.6 Å². The highest BCUT2D eigenvalue weighted by molar-refractivity contribution is 5.97. The molecule has 0 saturated carbocycles. The first kappa shape index (κ1) is 32.7. The Bertz CT molecular complexity index is 1450. The second-order valence-corrected chi connectivity index (χ2v) is 11.0. The number of benzene rings is 3. The van der Waals surface area contributed by atoms with E-state index in [1.165, 1.54) is 0 Å². The highest BCUT2D eigenvalue weighted by Crippen LogP contribution is 2.28. The first-order chi connectivity index (χ1) is 21.5. The summed E-state index contributed by atoms with van der Waals surface area (Å²) in [6, 6.07) is 18.7. The van der Waals surface area contributed by atoms with Crippen molar-refractivity contribution < 1.29 is 14.3 Å². The highest BCUT2D eigenvalue weighted by atomic mass is 16.5. The van der Waals surface area contributed by atoms with Gasteiger partial charge in [0.05, 0.1) is 13.7 Å². The minimum atomic E-state index is -0.647. The van der Waals surface area contributed by atoms with E-state index in [9.17, 15) is 9.59 Å². The maximum atomic E-state index is 13.6. The first-order valence-electron chi connectivity index (χ1n) is 15.7. The fourth-order valence-electron chi connectivity index (χ4n) is 5.46. The topological polar surface area (TPSA) is 111 Å². The lowest BCUT2D eigenvalue weighted by atomic mass is 10.0. The standard InChI is InChI=1S/C35H46N6O3/c1-4-20-41(21-5-2)22-8-11-31(35(43)39-24-28-16-17-32(44-3)30-10-7-6-9-29(28)30)40-34(42)27-14-12-26(13-15-27)23-36-25-33-37-18-19-38-33/h6-7,9-10,12-19,31,36H,4-5,8,11,20-25H2,1-3H3,(H,37,38)(H,39,43)(H,40,42)/t31-/m0/s1. The van der Waals surface area contributed by atoms with E-state index in [1.807, 2.05) is 60.7 Å². The van der Waals surface area contributed by atoms with E-state index in [4.69, 9.17) is 4.74 Å². The van der Waals surface area contributed by atoms with E-state index in [2.05, 4.69) is 44.7 Å². The van der Waals surface area contributed by atoms with E-state index in [-0.39, 0.29) is 11.8 Å². The Kier molecular flexibility index (Phi) is 12.8. The Hall–Kier alpha value is -4.21. The van der Waals surface area contributed by atoms with Gasteiger partial charge >= 0.3 is 0 Å². The van der Waals surface area contributed by atoms with Crippen molar-refractivity contribution in [3.8, 4) is 5.75 Å². The number of imidazole rings is 1. The molecular formula is C35H46N6O3. The van der Waals surface area contributed by atoms with Crippen LogP contribution < -0.4 is 20.7 Å². The molecule has 1 heterocycles. The van der Waals surface area contributed by atoms with Gasteiger partial charge in [0.25, 0.3) is 5.91 Å². The minimum absolute atomic E-state index is 0.186. The molecule has 1 atom stereocenters. The second kappa shape index (κ2) is 17.2. The van der Waals surface area contributed by atoms with Crippen LogP contribution in [-0.2, 0) is 24.4 Å². The monoisotopic (exact) mass is 598 g/mol. The van der Waals surface area contributed by atoms with Crippen molar-refractivity contribution in [2.75, 3.05) is 26.7 Å². The first-order valence-corrected chi connectivity index (χ1v) is 15.7. The maximum Gasteiger partial charge on any atom is 0.251 e. The van der Waals surface area contributed by atoms with Crippen molar-refractivity contribution in [1.82, 2.24) is 30.8 Å². The number of aromatic amines is 1. The number of fused-ring (bicyclic) bond motifs is 1. The number of nitrogens with zero attached hydrogens (tertiary/aromatic N) is 2. The van der Waals surface area contributed by atoms with Gasteiger partial charge in [-0.25, -0.2) is 4.98 Å². The summed E-state index contributed by atoms with van der Waals surface area (Å²) in [5, 5.41) is 11.5. The second-order valence-electron chi connectivity index (χ2n) is 11.0. The average Bonchev–Trinajstić information content (AvgIpc) is 3.57. The van der Waals surface area contributed by atoms with Gasteiger partial charge < -0.3 is 30.6 Å². The van der Waals surface area contributed by atoms with Crippen LogP contribution in [0, 0.1) is 0 Å². The van der Waals surface area contributed by atoms with Gasteiger partial charge in [-0.15, -0.1) is 0 Å². The van der Waals surface area contributed by atoms with Crippen LogP contribution in [-0.4, -0.2) is 59.5 Å². The molecule has 0 aliphatic heterocycles. The van der Waals surface area contributed by atoms with Gasteiger partial charge in [0.15, 0.2) is 0 Å². The van der Waals surface area contributed by atoms with E-state index in [1.54, 1.807) is 19.5 Å². The Labute approximate surface area is 260 Å². The molecule has 1 aromatic heterocycles. The lowest BCUT2D eigenvalue weighted by molar-refractivity contribution is -0.123. The van der Waals surface area contributed by atoms with Crippen LogP contribution in [0.25, 0.3) is 10.8 Å². The molecule has 9 heteroatoms. The smallest absolute Gasteiger partial charge is 0.251 e. The molecule has 0 unspecified atom stereocenters. The Morgan fingerprint density at radius 1 is 0.909 bits per heavy atom. The predicted molar refractivity (Wildman–Crippen MR) is 175 cm³/mol. The Morgan fingerprint density at radius 3 is 2.34 bits per heavy atom.